The Kier molecular flexibility index (Phi) is 6.56. The third-order valence-corrected chi connectivity index (χ3v) is 5.63. The molecule has 0 bridgehead atoms. The second-order valence-corrected chi connectivity index (χ2v) is 8.12. The summed E-state index contributed by atoms with van der Waals surface area (Å²) in [7, 11) is 0. The van der Waals surface area contributed by atoms with Gasteiger partial charge in [-0.05, 0) is 48.5 Å². The van der Waals surface area contributed by atoms with E-state index in [-0.39, 0.29) is 38.2 Å². The Labute approximate surface area is 206 Å². The minimum Gasteiger partial charge on any atom is -0.478 e. The molecular formula is C24H14Cl2F3N3O3. The molecular weight excluding hydrogens is 506 g/mol. The van der Waals surface area contributed by atoms with Crippen LogP contribution < -0.4 is 5.32 Å². The summed E-state index contributed by atoms with van der Waals surface area (Å²) in [5, 5.41) is 15.7. The fraction of sp³-hybridized carbons (Fsp3) is 0.0417. The molecule has 178 valence electrons. The maximum Gasteiger partial charge on any atom is 0.435 e. The van der Waals surface area contributed by atoms with Gasteiger partial charge in [0.2, 0.25) is 0 Å². The van der Waals surface area contributed by atoms with Crippen molar-refractivity contribution in [1.29, 1.82) is 0 Å². The highest BCUT2D eigenvalue weighted by Crippen LogP contribution is 2.34. The van der Waals surface area contributed by atoms with Gasteiger partial charge >= 0.3 is 12.1 Å². The van der Waals surface area contributed by atoms with Gasteiger partial charge in [-0.3, -0.25) is 4.79 Å². The van der Waals surface area contributed by atoms with E-state index in [1.54, 1.807) is 12.1 Å². The molecule has 11 heteroatoms. The monoisotopic (exact) mass is 519 g/mol. The number of nitrogens with one attached hydrogen (secondary N) is 1. The number of benzene rings is 3. The summed E-state index contributed by atoms with van der Waals surface area (Å²) in [6, 6.07) is 17.1. The van der Waals surface area contributed by atoms with Crippen LogP contribution in [0.2, 0.25) is 10.0 Å². The fourth-order valence-corrected chi connectivity index (χ4v) is 3.71. The maximum absolute atomic E-state index is 13.4. The van der Waals surface area contributed by atoms with Crippen LogP contribution in [0, 0.1) is 0 Å². The molecule has 2 N–H and O–H groups in total. The predicted octanol–water partition coefficient (Wildman–Crippen LogP) is 6.82. The molecule has 1 aromatic heterocycles. The van der Waals surface area contributed by atoms with Crippen LogP contribution in [-0.2, 0) is 6.18 Å². The lowest BCUT2D eigenvalue weighted by atomic mass is 10.1. The number of halogens is 5. The van der Waals surface area contributed by atoms with E-state index < -0.39 is 23.7 Å². The molecule has 0 saturated carbocycles. The summed E-state index contributed by atoms with van der Waals surface area (Å²) >= 11 is 12.0. The van der Waals surface area contributed by atoms with Gasteiger partial charge in [0.05, 0.1) is 27.0 Å². The van der Waals surface area contributed by atoms with Crippen molar-refractivity contribution in [2.24, 2.45) is 0 Å². The molecule has 3 aromatic carbocycles. The smallest absolute Gasteiger partial charge is 0.435 e. The summed E-state index contributed by atoms with van der Waals surface area (Å²) in [5.74, 6) is -1.80. The lowest BCUT2D eigenvalue weighted by Crippen LogP contribution is -2.12. The number of carbonyl (C=O) groups is 2. The van der Waals surface area contributed by atoms with E-state index in [0.717, 1.165) is 10.7 Å². The maximum atomic E-state index is 13.4. The molecule has 0 unspecified atom stereocenters. The van der Waals surface area contributed by atoms with Crippen molar-refractivity contribution in [2.75, 3.05) is 5.32 Å². The van der Waals surface area contributed by atoms with E-state index in [1.807, 2.05) is 0 Å². The number of amides is 1. The van der Waals surface area contributed by atoms with Crippen molar-refractivity contribution < 1.29 is 27.9 Å². The molecule has 4 rings (SSSR count). The SMILES string of the molecule is O=C(Nc1ccc(Cl)c(C(=O)O)c1)c1ccc(-c2cc(C(F)(F)F)nn2-c2ccccc2Cl)cc1. The van der Waals surface area contributed by atoms with Crippen LogP contribution in [0.3, 0.4) is 0 Å². The molecule has 0 saturated heterocycles. The summed E-state index contributed by atoms with van der Waals surface area (Å²) < 4.78 is 41.3. The molecule has 4 aromatic rings. The van der Waals surface area contributed by atoms with E-state index in [2.05, 4.69) is 10.4 Å². The van der Waals surface area contributed by atoms with Crippen molar-refractivity contribution in [2.45, 2.75) is 6.18 Å². The van der Waals surface area contributed by atoms with Gasteiger partial charge in [0.15, 0.2) is 5.69 Å². The molecule has 0 radical (unpaired) electrons. The second-order valence-electron chi connectivity index (χ2n) is 7.31. The molecule has 1 heterocycles. The first kappa shape index (κ1) is 24.3. The van der Waals surface area contributed by atoms with Crippen molar-refractivity contribution >= 4 is 40.8 Å². The number of aromatic nitrogens is 2. The van der Waals surface area contributed by atoms with E-state index in [9.17, 15) is 27.9 Å². The summed E-state index contributed by atoms with van der Waals surface area (Å²) in [5.41, 5.74) is -0.101. The zero-order valence-electron chi connectivity index (χ0n) is 17.5. The highest BCUT2D eigenvalue weighted by Gasteiger charge is 2.35. The van der Waals surface area contributed by atoms with Gasteiger partial charge < -0.3 is 10.4 Å². The molecule has 1 amide bonds. The Bertz CT molecular complexity index is 1430. The van der Waals surface area contributed by atoms with Crippen molar-refractivity contribution in [3.63, 3.8) is 0 Å². The number of anilines is 1. The Morgan fingerprint density at radius 1 is 0.914 bits per heavy atom. The van der Waals surface area contributed by atoms with Crippen molar-refractivity contribution in [3.05, 3.63) is 99.7 Å². The van der Waals surface area contributed by atoms with Crippen LogP contribution in [0.1, 0.15) is 26.4 Å². The largest absolute Gasteiger partial charge is 0.478 e. The van der Waals surface area contributed by atoms with Gasteiger partial charge in [-0.25, -0.2) is 9.48 Å². The van der Waals surface area contributed by atoms with Gasteiger partial charge in [-0.1, -0.05) is 47.5 Å². The molecule has 35 heavy (non-hydrogen) atoms. The molecule has 0 aliphatic rings. The standard InChI is InChI=1S/C24H14Cl2F3N3O3/c25-17-10-9-15(11-16(17)23(34)35)30-22(33)14-7-5-13(6-8-14)20-12-21(24(27,28)29)31-32(20)19-4-2-1-3-18(19)26/h1-12H,(H,30,33)(H,34,35). The average molecular weight is 520 g/mol. The lowest BCUT2D eigenvalue weighted by Gasteiger charge is -2.10. The number of hydrogen-bond donors (Lipinski definition) is 2. The topological polar surface area (TPSA) is 84.2 Å². The second kappa shape index (κ2) is 9.44. The number of aromatic carboxylic acids is 1. The van der Waals surface area contributed by atoms with E-state index in [1.165, 1.54) is 54.6 Å². The Morgan fingerprint density at radius 2 is 1.60 bits per heavy atom. The number of alkyl halides is 3. The first-order valence-electron chi connectivity index (χ1n) is 9.91. The van der Waals surface area contributed by atoms with Crippen molar-refractivity contribution in [1.82, 2.24) is 9.78 Å². The minimum atomic E-state index is -4.67. The van der Waals surface area contributed by atoms with Gasteiger partial charge in [0.1, 0.15) is 0 Å². The van der Waals surface area contributed by atoms with Crippen LogP contribution in [-0.4, -0.2) is 26.8 Å². The summed E-state index contributed by atoms with van der Waals surface area (Å²) in [4.78, 5) is 23.9. The predicted molar refractivity (Wildman–Crippen MR) is 125 cm³/mol. The zero-order valence-corrected chi connectivity index (χ0v) is 19.0. The van der Waals surface area contributed by atoms with E-state index in [0.29, 0.717) is 5.56 Å². The summed E-state index contributed by atoms with van der Waals surface area (Å²) in [6.07, 6.45) is -4.67. The number of para-hydroxylation sites is 1. The van der Waals surface area contributed by atoms with Gasteiger partial charge in [0, 0.05) is 16.8 Å². The number of carboxylic acids is 1. The number of nitrogens with zero attached hydrogens (tertiary/aromatic N) is 2. The molecule has 6 nitrogen and oxygen atoms in total. The summed E-state index contributed by atoms with van der Waals surface area (Å²) in [6.45, 7) is 0. The highest BCUT2D eigenvalue weighted by molar-refractivity contribution is 6.33. The first-order valence-corrected chi connectivity index (χ1v) is 10.7. The van der Waals surface area contributed by atoms with Crippen LogP contribution in [0.4, 0.5) is 18.9 Å². The van der Waals surface area contributed by atoms with Gasteiger partial charge in [0.25, 0.3) is 5.91 Å². The third kappa shape index (κ3) is 5.16. The first-order chi connectivity index (χ1) is 16.5. The van der Waals surface area contributed by atoms with Crippen LogP contribution in [0.5, 0.6) is 0 Å². The Morgan fingerprint density at radius 3 is 2.23 bits per heavy atom. The van der Waals surface area contributed by atoms with Gasteiger partial charge in [-0.2, -0.15) is 18.3 Å². The molecule has 0 aliphatic carbocycles. The minimum absolute atomic E-state index is 0.0215. The average Bonchev–Trinajstić information content (AvgIpc) is 3.26. The molecule has 0 spiro atoms. The number of carboxylic acid groups (broad SMARTS) is 1. The molecule has 0 fully saturated rings. The van der Waals surface area contributed by atoms with E-state index in [4.69, 9.17) is 23.2 Å². The normalized spacial score (nSPS) is 11.3. The lowest BCUT2D eigenvalue weighted by molar-refractivity contribution is -0.141. The fourth-order valence-electron chi connectivity index (χ4n) is 3.29. The number of hydrogen-bond acceptors (Lipinski definition) is 3. The number of rotatable bonds is 5. The van der Waals surface area contributed by atoms with Crippen LogP contribution in [0.25, 0.3) is 16.9 Å². The van der Waals surface area contributed by atoms with Gasteiger partial charge in [-0.15, -0.1) is 0 Å². The molecule has 0 aliphatic heterocycles. The van der Waals surface area contributed by atoms with Crippen molar-refractivity contribution in [3.8, 4) is 16.9 Å². The van der Waals surface area contributed by atoms with E-state index >= 15 is 0 Å². The quantitative estimate of drug-likeness (QED) is 0.303. The Hall–Kier alpha value is -3.82. The molecule has 0 atom stereocenters. The zero-order chi connectivity index (χ0) is 25.3. The van der Waals surface area contributed by atoms with Crippen LogP contribution >= 0.6 is 23.2 Å². The number of carbonyl (C=O) groups excluding carboxylic acids is 1. The third-order valence-electron chi connectivity index (χ3n) is 4.98. The highest BCUT2D eigenvalue weighted by atomic mass is 35.5. The Balaban J connectivity index is 1.66. The van der Waals surface area contributed by atoms with Crippen LogP contribution in [0.15, 0.2) is 72.8 Å².